The van der Waals surface area contributed by atoms with Gasteiger partial charge in [0.15, 0.2) is 0 Å². The molecule has 4 rings (SSSR count). The number of hydrogen-bond acceptors (Lipinski definition) is 4. The molecular formula is C18H21N5O. The van der Waals surface area contributed by atoms with E-state index in [4.69, 9.17) is 11.5 Å². The second-order valence-corrected chi connectivity index (χ2v) is 6.35. The van der Waals surface area contributed by atoms with Crippen LogP contribution in [0.3, 0.4) is 0 Å². The van der Waals surface area contributed by atoms with E-state index in [0.29, 0.717) is 11.4 Å². The van der Waals surface area contributed by atoms with Gasteiger partial charge in [0, 0.05) is 24.8 Å². The number of nitrogens with one attached hydrogen (secondary N) is 1. The molecule has 0 aliphatic carbocycles. The molecule has 5 N–H and O–H groups in total. The van der Waals surface area contributed by atoms with Gasteiger partial charge >= 0.3 is 5.69 Å². The number of rotatable bonds is 2. The van der Waals surface area contributed by atoms with Crippen molar-refractivity contribution in [3.8, 4) is 0 Å². The van der Waals surface area contributed by atoms with Crippen LogP contribution >= 0.6 is 0 Å². The van der Waals surface area contributed by atoms with Crippen molar-refractivity contribution in [1.82, 2.24) is 9.55 Å². The first-order chi connectivity index (χ1) is 11.6. The Labute approximate surface area is 139 Å². The second kappa shape index (κ2) is 5.63. The number of fused-ring (bicyclic) bond motifs is 1. The molecule has 0 radical (unpaired) electrons. The first kappa shape index (κ1) is 14.7. The minimum Gasteiger partial charge on any atom is -0.397 e. The molecule has 1 aliphatic heterocycles. The van der Waals surface area contributed by atoms with Gasteiger partial charge < -0.3 is 21.4 Å². The van der Waals surface area contributed by atoms with Crippen LogP contribution < -0.4 is 22.1 Å². The van der Waals surface area contributed by atoms with Crippen molar-refractivity contribution in [2.45, 2.75) is 18.9 Å². The van der Waals surface area contributed by atoms with Gasteiger partial charge in [-0.2, -0.15) is 0 Å². The highest BCUT2D eigenvalue weighted by Crippen LogP contribution is 2.30. The van der Waals surface area contributed by atoms with Crippen LogP contribution in [0.5, 0.6) is 0 Å². The Balaban J connectivity index is 1.56. The number of benzene rings is 2. The topological polar surface area (TPSA) is 93.1 Å². The third kappa shape index (κ3) is 2.40. The van der Waals surface area contributed by atoms with Gasteiger partial charge in [0.05, 0.1) is 22.4 Å². The highest BCUT2D eigenvalue weighted by molar-refractivity contribution is 5.75. The van der Waals surface area contributed by atoms with E-state index in [1.54, 1.807) is 0 Å². The first-order valence-electron chi connectivity index (χ1n) is 8.22. The van der Waals surface area contributed by atoms with Crippen molar-refractivity contribution in [2.75, 3.05) is 29.5 Å². The number of H-pyrrole nitrogens is 1. The van der Waals surface area contributed by atoms with Gasteiger partial charge in [0.25, 0.3) is 0 Å². The lowest BCUT2D eigenvalue weighted by Crippen LogP contribution is -2.37. The standard InChI is InChI=1S/C18H21N5O/c19-14-6-5-13(11-15(14)20)22-9-7-12(8-10-22)23-17-4-2-1-3-16(17)21-18(23)24/h1-6,11-12H,7-10,19-20H2,(H,21,24). The second-order valence-electron chi connectivity index (χ2n) is 6.35. The van der Waals surface area contributed by atoms with Crippen LogP contribution in [0.1, 0.15) is 18.9 Å². The van der Waals surface area contributed by atoms with Crippen molar-refractivity contribution in [1.29, 1.82) is 0 Å². The normalized spacial score (nSPS) is 15.9. The average molecular weight is 323 g/mol. The Bertz CT molecular complexity index is 934. The van der Waals surface area contributed by atoms with E-state index in [1.807, 2.05) is 47.0 Å². The summed E-state index contributed by atoms with van der Waals surface area (Å²) in [6, 6.07) is 13.9. The van der Waals surface area contributed by atoms with Crippen LogP contribution in [0.4, 0.5) is 17.1 Å². The van der Waals surface area contributed by atoms with Gasteiger partial charge in [-0.05, 0) is 43.2 Å². The number of aromatic nitrogens is 2. The van der Waals surface area contributed by atoms with Crippen LogP contribution in [0.25, 0.3) is 11.0 Å². The predicted octanol–water partition coefficient (Wildman–Crippen LogP) is 2.34. The Hall–Kier alpha value is -2.89. The number of aromatic amines is 1. The van der Waals surface area contributed by atoms with Gasteiger partial charge in [-0.15, -0.1) is 0 Å². The van der Waals surface area contributed by atoms with Crippen molar-refractivity contribution in [2.24, 2.45) is 0 Å². The minimum absolute atomic E-state index is 0.0219. The van der Waals surface area contributed by atoms with Crippen LogP contribution in [0.2, 0.25) is 0 Å². The van der Waals surface area contributed by atoms with Crippen LogP contribution in [0.15, 0.2) is 47.3 Å². The molecule has 2 aromatic carbocycles. The molecule has 0 saturated carbocycles. The van der Waals surface area contributed by atoms with Crippen molar-refractivity contribution in [3.63, 3.8) is 0 Å². The number of imidazole rings is 1. The summed E-state index contributed by atoms with van der Waals surface area (Å²) < 4.78 is 1.91. The number of hydrogen-bond donors (Lipinski definition) is 3. The maximum absolute atomic E-state index is 12.3. The summed E-state index contributed by atoms with van der Waals surface area (Å²) in [6.07, 6.45) is 1.85. The molecule has 3 aromatic rings. The molecule has 0 spiro atoms. The maximum atomic E-state index is 12.3. The van der Waals surface area contributed by atoms with E-state index in [-0.39, 0.29) is 11.7 Å². The zero-order chi connectivity index (χ0) is 16.7. The third-order valence-electron chi connectivity index (χ3n) is 4.89. The maximum Gasteiger partial charge on any atom is 0.326 e. The van der Waals surface area contributed by atoms with E-state index in [9.17, 15) is 4.79 Å². The van der Waals surface area contributed by atoms with Crippen molar-refractivity contribution >= 4 is 28.1 Å². The summed E-state index contributed by atoms with van der Waals surface area (Å²) in [4.78, 5) is 17.6. The molecular weight excluding hydrogens is 302 g/mol. The molecule has 6 nitrogen and oxygen atoms in total. The summed E-state index contributed by atoms with van der Waals surface area (Å²) in [5.74, 6) is 0. The SMILES string of the molecule is Nc1ccc(N2CCC(n3c(=O)[nH]c4ccccc43)CC2)cc1N. The van der Waals surface area contributed by atoms with E-state index in [0.717, 1.165) is 42.7 Å². The van der Waals surface area contributed by atoms with Crippen molar-refractivity contribution < 1.29 is 0 Å². The molecule has 124 valence electrons. The Morgan fingerprint density at radius 3 is 2.50 bits per heavy atom. The highest BCUT2D eigenvalue weighted by Gasteiger charge is 2.23. The number of piperidine rings is 1. The molecule has 24 heavy (non-hydrogen) atoms. The highest BCUT2D eigenvalue weighted by atomic mass is 16.1. The summed E-state index contributed by atoms with van der Waals surface area (Å²) in [7, 11) is 0. The lowest BCUT2D eigenvalue weighted by molar-refractivity contribution is 0.396. The molecule has 1 fully saturated rings. The van der Waals surface area contributed by atoms with Crippen molar-refractivity contribution in [3.05, 3.63) is 52.9 Å². The predicted molar refractivity (Wildman–Crippen MR) is 98.3 cm³/mol. The zero-order valence-corrected chi connectivity index (χ0v) is 13.4. The quantitative estimate of drug-likeness (QED) is 0.631. The smallest absolute Gasteiger partial charge is 0.326 e. The van der Waals surface area contributed by atoms with Gasteiger partial charge in [-0.25, -0.2) is 4.79 Å². The molecule has 1 aliphatic rings. The van der Waals surface area contributed by atoms with Crippen LogP contribution in [0, 0.1) is 0 Å². The fourth-order valence-corrected chi connectivity index (χ4v) is 3.58. The average Bonchev–Trinajstić information content (AvgIpc) is 2.93. The molecule has 0 atom stereocenters. The number of para-hydroxylation sites is 2. The van der Waals surface area contributed by atoms with Crippen LogP contribution in [-0.2, 0) is 0 Å². The Kier molecular flexibility index (Phi) is 3.45. The lowest BCUT2D eigenvalue weighted by Gasteiger charge is -2.34. The molecule has 0 amide bonds. The number of nitrogen functional groups attached to an aromatic ring is 2. The van der Waals surface area contributed by atoms with Gasteiger partial charge in [-0.1, -0.05) is 12.1 Å². The van der Waals surface area contributed by atoms with Gasteiger partial charge in [-0.3, -0.25) is 4.57 Å². The molecule has 0 unspecified atom stereocenters. The third-order valence-corrected chi connectivity index (χ3v) is 4.89. The monoisotopic (exact) mass is 323 g/mol. The molecule has 0 bridgehead atoms. The lowest BCUT2D eigenvalue weighted by atomic mass is 10.0. The fraction of sp³-hybridized carbons (Fsp3) is 0.278. The molecule has 6 heteroatoms. The van der Waals surface area contributed by atoms with Gasteiger partial charge in [0.1, 0.15) is 0 Å². The fourth-order valence-electron chi connectivity index (χ4n) is 3.58. The van der Waals surface area contributed by atoms with E-state index in [2.05, 4.69) is 9.88 Å². The van der Waals surface area contributed by atoms with E-state index in [1.165, 1.54) is 0 Å². The Morgan fingerprint density at radius 2 is 1.75 bits per heavy atom. The van der Waals surface area contributed by atoms with Gasteiger partial charge in [0.2, 0.25) is 0 Å². The molecule has 1 saturated heterocycles. The zero-order valence-electron chi connectivity index (χ0n) is 13.4. The minimum atomic E-state index is -0.0219. The molecule has 1 aromatic heterocycles. The number of nitrogens with zero attached hydrogens (tertiary/aromatic N) is 2. The summed E-state index contributed by atoms with van der Waals surface area (Å²) in [6.45, 7) is 1.78. The molecule has 2 heterocycles. The largest absolute Gasteiger partial charge is 0.397 e. The van der Waals surface area contributed by atoms with E-state index < -0.39 is 0 Å². The number of anilines is 3. The number of nitrogens with two attached hydrogens (primary N) is 2. The summed E-state index contributed by atoms with van der Waals surface area (Å²) >= 11 is 0. The first-order valence-corrected chi connectivity index (χ1v) is 8.22. The summed E-state index contributed by atoms with van der Waals surface area (Å²) in [5, 5.41) is 0. The summed E-state index contributed by atoms with van der Waals surface area (Å²) in [5.41, 5.74) is 15.9. The van der Waals surface area contributed by atoms with Crippen LogP contribution in [-0.4, -0.2) is 22.6 Å². The Morgan fingerprint density at radius 1 is 1.00 bits per heavy atom. The van der Waals surface area contributed by atoms with E-state index >= 15 is 0 Å².